The van der Waals surface area contributed by atoms with Crippen LogP contribution in [-0.4, -0.2) is 4.99 Å². The van der Waals surface area contributed by atoms with E-state index in [2.05, 4.69) is 23.5 Å². The van der Waals surface area contributed by atoms with E-state index in [0.717, 1.165) is 16.9 Å². The number of nitrogens with one attached hydrogen (secondary N) is 1. The zero-order valence-electron chi connectivity index (χ0n) is 10.6. The maximum absolute atomic E-state index is 5.59. The molecule has 0 saturated carbocycles. The van der Waals surface area contributed by atoms with Crippen molar-refractivity contribution in [1.82, 2.24) is 0 Å². The van der Waals surface area contributed by atoms with E-state index in [1.165, 1.54) is 30.4 Å². The number of thiocarbonyl (C=S) groups is 1. The molecule has 0 heterocycles. The van der Waals surface area contributed by atoms with E-state index in [0.29, 0.717) is 4.99 Å². The van der Waals surface area contributed by atoms with E-state index < -0.39 is 0 Å². The molecule has 1 aliphatic rings. The summed E-state index contributed by atoms with van der Waals surface area (Å²) in [7, 11) is 0. The first-order valence-corrected chi connectivity index (χ1v) is 6.92. The zero-order chi connectivity index (χ0) is 13.2. The molecule has 3 rings (SSSR count). The van der Waals surface area contributed by atoms with Crippen molar-refractivity contribution in [2.45, 2.75) is 19.3 Å². The first-order chi connectivity index (χ1) is 9.22. The van der Waals surface area contributed by atoms with Crippen LogP contribution < -0.4 is 11.1 Å². The van der Waals surface area contributed by atoms with Gasteiger partial charge in [0.1, 0.15) is 4.99 Å². The maximum atomic E-state index is 5.59. The van der Waals surface area contributed by atoms with Crippen LogP contribution in [0, 0.1) is 0 Å². The van der Waals surface area contributed by atoms with Crippen molar-refractivity contribution in [2.75, 3.05) is 5.32 Å². The molecule has 0 radical (unpaired) electrons. The monoisotopic (exact) mass is 268 g/mol. The molecule has 2 nitrogen and oxygen atoms in total. The lowest BCUT2D eigenvalue weighted by Gasteiger charge is -2.09. The molecule has 3 heteroatoms. The Labute approximate surface area is 118 Å². The van der Waals surface area contributed by atoms with Crippen molar-refractivity contribution in [2.24, 2.45) is 5.73 Å². The molecule has 96 valence electrons. The van der Waals surface area contributed by atoms with Gasteiger partial charge in [0.15, 0.2) is 0 Å². The lowest BCUT2D eigenvalue weighted by Crippen LogP contribution is -2.08. The molecule has 0 atom stereocenters. The third-order valence-corrected chi connectivity index (χ3v) is 3.79. The van der Waals surface area contributed by atoms with Crippen LogP contribution in [0.5, 0.6) is 0 Å². The summed E-state index contributed by atoms with van der Waals surface area (Å²) >= 11 is 4.95. The Hall–Kier alpha value is -1.87. The second-order valence-corrected chi connectivity index (χ2v) is 5.34. The Morgan fingerprint density at radius 3 is 2.37 bits per heavy atom. The van der Waals surface area contributed by atoms with Crippen molar-refractivity contribution in [3.05, 3.63) is 59.2 Å². The topological polar surface area (TPSA) is 38.0 Å². The third kappa shape index (κ3) is 2.61. The number of hydrogen-bond acceptors (Lipinski definition) is 2. The van der Waals surface area contributed by atoms with E-state index in [4.69, 9.17) is 18.0 Å². The Bertz CT molecular complexity index is 617. The molecule has 2 aromatic rings. The van der Waals surface area contributed by atoms with Crippen molar-refractivity contribution in [1.29, 1.82) is 0 Å². The molecule has 0 bridgehead atoms. The molecule has 0 unspecified atom stereocenters. The number of aryl methyl sites for hydroxylation is 2. The van der Waals surface area contributed by atoms with Gasteiger partial charge in [0.2, 0.25) is 0 Å². The fourth-order valence-electron chi connectivity index (χ4n) is 2.53. The molecular formula is C16H16N2S. The van der Waals surface area contributed by atoms with Gasteiger partial charge >= 0.3 is 0 Å². The van der Waals surface area contributed by atoms with Gasteiger partial charge in [-0.25, -0.2) is 0 Å². The van der Waals surface area contributed by atoms with Crippen molar-refractivity contribution in [3.63, 3.8) is 0 Å². The lowest BCUT2D eigenvalue weighted by molar-refractivity contribution is 0.912. The van der Waals surface area contributed by atoms with Gasteiger partial charge in [-0.15, -0.1) is 0 Å². The standard InChI is InChI=1S/C16H16N2S/c17-16(19)12-5-7-14(8-6-12)18-15-9-4-11-2-1-3-13(11)10-15/h4-10,18H,1-3H2,(H2,17,19). The lowest BCUT2D eigenvalue weighted by atomic mass is 10.1. The van der Waals surface area contributed by atoms with Crippen LogP contribution in [0.2, 0.25) is 0 Å². The molecule has 2 aromatic carbocycles. The van der Waals surface area contributed by atoms with Crippen LogP contribution in [0.4, 0.5) is 11.4 Å². The second-order valence-electron chi connectivity index (χ2n) is 4.90. The SMILES string of the molecule is NC(=S)c1ccc(Nc2ccc3c(c2)CCC3)cc1. The fourth-order valence-corrected chi connectivity index (χ4v) is 2.67. The van der Waals surface area contributed by atoms with Gasteiger partial charge in [-0.3, -0.25) is 0 Å². The predicted octanol–water partition coefficient (Wildman–Crippen LogP) is 3.55. The van der Waals surface area contributed by atoms with E-state index in [1.54, 1.807) is 0 Å². The molecule has 0 amide bonds. The van der Waals surface area contributed by atoms with Gasteiger partial charge in [-0.2, -0.15) is 0 Å². The third-order valence-electron chi connectivity index (χ3n) is 3.56. The van der Waals surface area contributed by atoms with Crippen molar-refractivity contribution < 1.29 is 0 Å². The molecular weight excluding hydrogens is 252 g/mol. The number of nitrogens with two attached hydrogens (primary N) is 1. The number of rotatable bonds is 3. The second kappa shape index (κ2) is 5.02. The van der Waals surface area contributed by atoms with E-state index in [1.807, 2.05) is 24.3 Å². The summed E-state index contributed by atoms with van der Waals surface area (Å²) < 4.78 is 0. The first kappa shape index (κ1) is 12.2. The van der Waals surface area contributed by atoms with E-state index >= 15 is 0 Å². The predicted molar refractivity (Wildman–Crippen MR) is 84.1 cm³/mol. The quantitative estimate of drug-likeness (QED) is 0.836. The highest BCUT2D eigenvalue weighted by atomic mass is 32.1. The summed E-state index contributed by atoms with van der Waals surface area (Å²) in [5.41, 5.74) is 11.7. The molecule has 1 aliphatic carbocycles. The molecule has 19 heavy (non-hydrogen) atoms. The highest BCUT2D eigenvalue weighted by molar-refractivity contribution is 7.80. The summed E-state index contributed by atoms with van der Waals surface area (Å²) in [6.45, 7) is 0. The number of fused-ring (bicyclic) bond motifs is 1. The summed E-state index contributed by atoms with van der Waals surface area (Å²) in [5.74, 6) is 0. The molecule has 3 N–H and O–H groups in total. The minimum atomic E-state index is 0.434. The summed E-state index contributed by atoms with van der Waals surface area (Å²) in [6, 6.07) is 14.5. The first-order valence-electron chi connectivity index (χ1n) is 6.51. The molecule has 0 saturated heterocycles. The minimum absolute atomic E-state index is 0.434. The Kier molecular flexibility index (Phi) is 3.22. The Morgan fingerprint density at radius 2 is 1.63 bits per heavy atom. The van der Waals surface area contributed by atoms with E-state index in [-0.39, 0.29) is 0 Å². The minimum Gasteiger partial charge on any atom is -0.389 e. The van der Waals surface area contributed by atoms with Gasteiger partial charge in [0.25, 0.3) is 0 Å². The van der Waals surface area contributed by atoms with Crippen molar-refractivity contribution in [3.8, 4) is 0 Å². The normalized spacial score (nSPS) is 13.1. The van der Waals surface area contributed by atoms with E-state index in [9.17, 15) is 0 Å². The highest BCUT2D eigenvalue weighted by Crippen LogP contribution is 2.26. The average Bonchev–Trinajstić information content (AvgIpc) is 2.87. The van der Waals surface area contributed by atoms with Crippen LogP contribution in [-0.2, 0) is 12.8 Å². The smallest absolute Gasteiger partial charge is 0.103 e. The fraction of sp³-hybridized carbons (Fsp3) is 0.188. The number of benzene rings is 2. The molecule has 0 fully saturated rings. The molecule has 0 spiro atoms. The van der Waals surface area contributed by atoms with Gasteiger partial charge in [0.05, 0.1) is 0 Å². The van der Waals surface area contributed by atoms with Gasteiger partial charge in [-0.05, 0) is 66.8 Å². The molecule has 0 aliphatic heterocycles. The average molecular weight is 268 g/mol. The van der Waals surface area contributed by atoms with Gasteiger partial charge in [0, 0.05) is 16.9 Å². The number of anilines is 2. The molecule has 0 aromatic heterocycles. The summed E-state index contributed by atoms with van der Waals surface area (Å²) in [4.78, 5) is 0.434. The highest BCUT2D eigenvalue weighted by Gasteiger charge is 2.10. The van der Waals surface area contributed by atoms with Crippen LogP contribution in [0.3, 0.4) is 0 Å². The van der Waals surface area contributed by atoms with Crippen LogP contribution in [0.25, 0.3) is 0 Å². The van der Waals surface area contributed by atoms with Gasteiger partial charge < -0.3 is 11.1 Å². The van der Waals surface area contributed by atoms with Crippen LogP contribution in [0.1, 0.15) is 23.1 Å². The van der Waals surface area contributed by atoms with Crippen LogP contribution >= 0.6 is 12.2 Å². The zero-order valence-corrected chi connectivity index (χ0v) is 11.5. The maximum Gasteiger partial charge on any atom is 0.103 e. The van der Waals surface area contributed by atoms with Gasteiger partial charge in [-0.1, -0.05) is 18.3 Å². The Morgan fingerprint density at radius 1 is 0.947 bits per heavy atom. The largest absolute Gasteiger partial charge is 0.389 e. The number of hydrogen-bond donors (Lipinski definition) is 2. The van der Waals surface area contributed by atoms with Crippen molar-refractivity contribution >= 4 is 28.6 Å². The Balaban J connectivity index is 1.79. The summed E-state index contributed by atoms with van der Waals surface area (Å²) in [6.07, 6.45) is 3.70. The summed E-state index contributed by atoms with van der Waals surface area (Å²) in [5, 5.41) is 3.42. The van der Waals surface area contributed by atoms with Crippen LogP contribution in [0.15, 0.2) is 42.5 Å².